The third kappa shape index (κ3) is 3.34. The van der Waals surface area contributed by atoms with Crippen LogP contribution in [-0.2, 0) is 0 Å². The largest absolute Gasteiger partial charge is 0.396 e. The van der Waals surface area contributed by atoms with Crippen LogP contribution in [0.2, 0.25) is 0 Å². The van der Waals surface area contributed by atoms with E-state index in [0.29, 0.717) is 11.3 Å². The number of nitrogen functional groups attached to an aromatic ring is 1. The summed E-state index contributed by atoms with van der Waals surface area (Å²) in [6.45, 7) is 1.70. The van der Waals surface area contributed by atoms with Crippen LogP contribution in [0.1, 0.15) is 23.2 Å². The molecule has 3 aromatic heterocycles. The molecule has 1 aromatic carbocycles. The number of anilines is 2. The Bertz CT molecular complexity index is 1300. The Balaban J connectivity index is 1.66. The van der Waals surface area contributed by atoms with Crippen molar-refractivity contribution >= 4 is 39.2 Å². The first-order valence-electron chi connectivity index (χ1n) is 10.4. The smallest absolute Gasteiger partial charge is 0.252 e. The maximum absolute atomic E-state index is 12.1. The quantitative estimate of drug-likeness (QED) is 0.408. The number of aromatic nitrogens is 3. The maximum atomic E-state index is 12.1. The fraction of sp³-hybridized carbons (Fsp3) is 0.261. The summed E-state index contributed by atoms with van der Waals surface area (Å²) in [5, 5.41) is 4.53. The molecule has 8 heteroatoms. The third-order valence-electron chi connectivity index (χ3n) is 5.97. The van der Waals surface area contributed by atoms with Crippen LogP contribution in [-0.4, -0.2) is 47.0 Å². The zero-order chi connectivity index (χ0) is 21.5. The summed E-state index contributed by atoms with van der Waals surface area (Å²) in [5.74, 6) is -0.166. The fourth-order valence-corrected chi connectivity index (χ4v) is 4.44. The minimum Gasteiger partial charge on any atom is -0.396 e. The van der Waals surface area contributed by atoms with Crippen LogP contribution in [0, 0.1) is 0 Å². The number of rotatable bonds is 3. The summed E-state index contributed by atoms with van der Waals surface area (Å²) in [7, 11) is 1.61. The number of piperidine rings is 1. The number of hydrogen-bond acceptors (Lipinski definition) is 6. The summed E-state index contributed by atoms with van der Waals surface area (Å²) < 4.78 is 0. The lowest BCUT2D eigenvalue weighted by Crippen LogP contribution is -2.43. The van der Waals surface area contributed by atoms with Crippen molar-refractivity contribution in [3.8, 4) is 11.1 Å². The summed E-state index contributed by atoms with van der Waals surface area (Å²) >= 11 is 0. The molecular weight excluding hydrogens is 390 g/mol. The van der Waals surface area contributed by atoms with E-state index in [2.05, 4.69) is 31.2 Å². The first kappa shape index (κ1) is 19.3. The van der Waals surface area contributed by atoms with Gasteiger partial charge < -0.3 is 26.7 Å². The second kappa shape index (κ2) is 7.55. The van der Waals surface area contributed by atoms with Crippen molar-refractivity contribution < 1.29 is 4.79 Å². The van der Waals surface area contributed by atoms with Gasteiger partial charge in [0, 0.05) is 54.9 Å². The van der Waals surface area contributed by atoms with Crippen molar-refractivity contribution in [3.63, 3.8) is 0 Å². The summed E-state index contributed by atoms with van der Waals surface area (Å²) in [6.07, 6.45) is 7.29. The molecule has 0 radical (unpaired) electrons. The van der Waals surface area contributed by atoms with E-state index in [0.717, 1.165) is 64.7 Å². The lowest BCUT2D eigenvalue weighted by molar-refractivity contribution is 0.0963. The maximum Gasteiger partial charge on any atom is 0.252 e. The van der Waals surface area contributed by atoms with Gasteiger partial charge in [-0.2, -0.15) is 0 Å². The van der Waals surface area contributed by atoms with Crippen LogP contribution in [0.15, 0.2) is 42.9 Å². The Morgan fingerprint density at radius 2 is 2.10 bits per heavy atom. The van der Waals surface area contributed by atoms with Crippen LogP contribution in [0.3, 0.4) is 0 Å². The van der Waals surface area contributed by atoms with Crippen LogP contribution in [0.25, 0.3) is 33.1 Å². The number of nitrogens with zero attached hydrogens (tertiary/aromatic N) is 3. The number of H-pyrrole nitrogens is 1. The number of nitrogens with two attached hydrogens (primary N) is 2. The number of aromatic amines is 1. The first-order valence-corrected chi connectivity index (χ1v) is 10.4. The number of amides is 1. The zero-order valence-corrected chi connectivity index (χ0v) is 17.4. The molecule has 1 fully saturated rings. The number of carbonyl (C=O) groups is 1. The van der Waals surface area contributed by atoms with Gasteiger partial charge in [0.1, 0.15) is 5.65 Å². The van der Waals surface area contributed by atoms with Gasteiger partial charge in [-0.05, 0) is 36.6 Å². The van der Waals surface area contributed by atoms with Gasteiger partial charge in [0.2, 0.25) is 0 Å². The van der Waals surface area contributed by atoms with Gasteiger partial charge in [-0.15, -0.1) is 0 Å². The SMILES string of the molecule is CNC(=O)c1cnc2[nH]cc(-c3ccc4ncc(N)c(N5CCCC(N)C5)c4c3)c2c1. The molecule has 1 aliphatic rings. The number of fused-ring (bicyclic) bond motifs is 2. The monoisotopic (exact) mass is 415 g/mol. The van der Waals surface area contributed by atoms with Gasteiger partial charge in [0.25, 0.3) is 5.91 Å². The number of nitrogens with one attached hydrogen (secondary N) is 2. The third-order valence-corrected chi connectivity index (χ3v) is 5.97. The van der Waals surface area contributed by atoms with Crippen molar-refractivity contribution in [1.29, 1.82) is 0 Å². The number of pyridine rings is 2. The minimum absolute atomic E-state index is 0.141. The Morgan fingerprint density at radius 3 is 2.90 bits per heavy atom. The minimum atomic E-state index is -0.166. The number of benzene rings is 1. The lowest BCUT2D eigenvalue weighted by Gasteiger charge is -2.34. The molecule has 4 aromatic rings. The molecule has 0 aliphatic carbocycles. The van der Waals surface area contributed by atoms with E-state index in [9.17, 15) is 4.79 Å². The van der Waals surface area contributed by atoms with Crippen molar-refractivity contribution in [2.45, 2.75) is 18.9 Å². The number of carbonyl (C=O) groups excluding carboxylic acids is 1. The van der Waals surface area contributed by atoms with E-state index in [1.807, 2.05) is 24.4 Å². The molecule has 5 rings (SSSR count). The van der Waals surface area contributed by atoms with Crippen LogP contribution < -0.4 is 21.7 Å². The molecular formula is C23H25N7O. The molecule has 158 valence electrons. The molecule has 0 bridgehead atoms. The molecule has 1 aliphatic heterocycles. The van der Waals surface area contributed by atoms with Crippen molar-refractivity contribution in [3.05, 3.63) is 48.4 Å². The molecule has 1 unspecified atom stereocenters. The van der Waals surface area contributed by atoms with E-state index >= 15 is 0 Å². The second-order valence-electron chi connectivity index (χ2n) is 8.04. The van der Waals surface area contributed by atoms with Gasteiger partial charge in [0.05, 0.1) is 28.7 Å². The Hall–Kier alpha value is -3.65. The Morgan fingerprint density at radius 1 is 1.23 bits per heavy atom. The molecule has 0 spiro atoms. The molecule has 0 saturated carbocycles. The first-order chi connectivity index (χ1) is 15.0. The van der Waals surface area contributed by atoms with Gasteiger partial charge >= 0.3 is 0 Å². The Kier molecular flexibility index (Phi) is 4.71. The van der Waals surface area contributed by atoms with Gasteiger partial charge in [-0.1, -0.05) is 6.07 Å². The van der Waals surface area contributed by atoms with E-state index in [1.54, 1.807) is 19.4 Å². The Labute approximate surface area is 179 Å². The zero-order valence-electron chi connectivity index (χ0n) is 17.4. The average molecular weight is 416 g/mol. The molecule has 8 nitrogen and oxygen atoms in total. The molecule has 31 heavy (non-hydrogen) atoms. The topological polar surface area (TPSA) is 126 Å². The highest BCUT2D eigenvalue weighted by molar-refractivity contribution is 6.04. The predicted molar refractivity (Wildman–Crippen MR) is 124 cm³/mol. The van der Waals surface area contributed by atoms with Crippen LogP contribution in [0.4, 0.5) is 11.4 Å². The van der Waals surface area contributed by atoms with Crippen molar-refractivity contribution in [2.24, 2.45) is 5.73 Å². The lowest BCUT2D eigenvalue weighted by atomic mass is 10.00. The fourth-order valence-electron chi connectivity index (χ4n) is 4.44. The summed E-state index contributed by atoms with van der Waals surface area (Å²) in [5.41, 5.74) is 18.4. The van der Waals surface area contributed by atoms with E-state index in [-0.39, 0.29) is 11.9 Å². The molecule has 4 heterocycles. The summed E-state index contributed by atoms with van der Waals surface area (Å²) in [4.78, 5) is 26.5. The second-order valence-corrected chi connectivity index (χ2v) is 8.04. The van der Waals surface area contributed by atoms with Crippen molar-refractivity contribution in [1.82, 2.24) is 20.3 Å². The highest BCUT2D eigenvalue weighted by Gasteiger charge is 2.21. The summed E-state index contributed by atoms with van der Waals surface area (Å²) in [6, 6.07) is 8.16. The molecule has 1 amide bonds. The molecule has 1 atom stereocenters. The van der Waals surface area contributed by atoms with E-state index in [1.165, 1.54) is 0 Å². The highest BCUT2D eigenvalue weighted by Crippen LogP contribution is 2.37. The highest BCUT2D eigenvalue weighted by atomic mass is 16.1. The standard InChI is InChI=1S/C23H25N7O/c1-26-23(31)14-8-16-18(10-29-22(16)28-9-14)13-4-5-20-17(7-13)21(19(25)11-27-20)30-6-2-3-15(24)12-30/h4-5,7-11,15H,2-3,6,12,24-25H2,1H3,(H,26,31)(H,28,29). The average Bonchev–Trinajstić information content (AvgIpc) is 3.21. The van der Waals surface area contributed by atoms with Crippen LogP contribution >= 0.6 is 0 Å². The predicted octanol–water partition coefficient (Wildman–Crippen LogP) is 2.65. The molecule has 1 saturated heterocycles. The van der Waals surface area contributed by atoms with Crippen LogP contribution in [0.5, 0.6) is 0 Å². The molecule has 6 N–H and O–H groups in total. The van der Waals surface area contributed by atoms with E-state index < -0.39 is 0 Å². The van der Waals surface area contributed by atoms with Gasteiger partial charge in [-0.25, -0.2) is 4.98 Å². The van der Waals surface area contributed by atoms with Gasteiger partial charge in [-0.3, -0.25) is 9.78 Å². The van der Waals surface area contributed by atoms with Crippen molar-refractivity contribution in [2.75, 3.05) is 30.8 Å². The van der Waals surface area contributed by atoms with Gasteiger partial charge in [0.15, 0.2) is 0 Å². The van der Waals surface area contributed by atoms with E-state index in [4.69, 9.17) is 11.5 Å². The number of hydrogen-bond donors (Lipinski definition) is 4. The normalized spacial score (nSPS) is 16.7.